The predicted octanol–water partition coefficient (Wildman–Crippen LogP) is 11.6. The Morgan fingerprint density at radius 3 is 1.34 bits per heavy atom. The van der Waals surface area contributed by atoms with Crippen molar-refractivity contribution in [2.45, 2.75) is 142 Å². The number of carbonyl (C=O) groups is 1. The number of aryl methyl sites for hydroxylation is 1. The lowest BCUT2D eigenvalue weighted by Gasteiger charge is -2.28. The molecule has 0 saturated heterocycles. The molecule has 0 aromatic heterocycles. The first-order valence-electron chi connectivity index (χ1n) is 21.1. The highest BCUT2D eigenvalue weighted by Gasteiger charge is 2.25. The van der Waals surface area contributed by atoms with Crippen LogP contribution in [0.5, 0.6) is 17.2 Å². The molecule has 4 rings (SSSR count). The molecule has 0 heterocycles. The van der Waals surface area contributed by atoms with Gasteiger partial charge in [-0.15, -0.1) is 0 Å². The van der Waals surface area contributed by atoms with Crippen molar-refractivity contribution in [1.29, 1.82) is 0 Å². The van der Waals surface area contributed by atoms with Gasteiger partial charge in [-0.05, 0) is 126 Å². The Labute approximate surface area is 331 Å². The number of rotatable bonds is 26. The molecule has 2 saturated carbocycles. The highest BCUT2D eigenvalue weighted by atomic mass is 19.2. The Morgan fingerprint density at radius 2 is 0.893 bits per heavy atom. The second kappa shape index (κ2) is 25.9. The predicted molar refractivity (Wildman–Crippen MR) is 206 cm³/mol. The first kappa shape index (κ1) is 45.5. The highest BCUT2D eigenvalue weighted by molar-refractivity contribution is 5.59. The molecule has 2 fully saturated rings. The summed E-state index contributed by atoms with van der Waals surface area (Å²) >= 11 is 0. The molecular weight excluding hydrogens is 732 g/mol. The van der Waals surface area contributed by atoms with Crippen LogP contribution in [0.25, 0.3) is 0 Å². The number of carbonyl (C=O) groups excluding carboxylic acids is 1. The van der Waals surface area contributed by atoms with E-state index in [1.54, 1.807) is 6.92 Å². The van der Waals surface area contributed by atoms with Crippen molar-refractivity contribution in [3.63, 3.8) is 0 Å². The van der Waals surface area contributed by atoms with E-state index in [2.05, 4.69) is 0 Å². The maximum Gasteiger partial charge on any atom is 0.508 e. The average Bonchev–Trinajstić information content (AvgIpc) is 3.21. The molecule has 0 radical (unpaired) electrons. The normalized spacial score (nSPS) is 19.8. The zero-order chi connectivity index (χ0) is 40.0. The third-order valence-corrected chi connectivity index (χ3v) is 10.8. The Balaban J connectivity index is 0.863. The summed E-state index contributed by atoms with van der Waals surface area (Å²) in [5.41, 5.74) is 0.273. The molecule has 0 atom stereocenters. The first-order valence-corrected chi connectivity index (χ1v) is 21.1. The number of hydrogen-bond donors (Lipinski definition) is 0. The zero-order valence-corrected chi connectivity index (χ0v) is 33.6. The van der Waals surface area contributed by atoms with Gasteiger partial charge >= 0.3 is 6.16 Å². The van der Waals surface area contributed by atoms with Gasteiger partial charge in [0.2, 0.25) is 17.5 Å². The summed E-state index contributed by atoms with van der Waals surface area (Å²) in [5, 5.41) is 0. The van der Waals surface area contributed by atoms with Crippen LogP contribution in [0.15, 0.2) is 24.3 Å². The van der Waals surface area contributed by atoms with Crippen LogP contribution in [0, 0.1) is 42.0 Å². The van der Waals surface area contributed by atoms with Gasteiger partial charge in [0.25, 0.3) is 0 Å². The molecule has 2 aliphatic carbocycles. The molecule has 12 heteroatoms. The average molecular weight is 797 g/mol. The van der Waals surface area contributed by atoms with Crippen molar-refractivity contribution >= 4 is 6.16 Å². The van der Waals surface area contributed by atoms with Crippen LogP contribution in [0.1, 0.15) is 128 Å². The summed E-state index contributed by atoms with van der Waals surface area (Å²) < 4.78 is 95.0. The molecule has 0 unspecified atom stereocenters. The lowest BCUT2D eigenvalue weighted by Crippen LogP contribution is -2.25. The molecule has 2 aliphatic rings. The van der Waals surface area contributed by atoms with Crippen LogP contribution in [0.2, 0.25) is 0 Å². The van der Waals surface area contributed by atoms with Gasteiger partial charge in [0.05, 0.1) is 45.2 Å². The third kappa shape index (κ3) is 16.3. The number of unbranched alkanes of at least 4 members (excludes halogenated alkanes) is 8. The zero-order valence-electron chi connectivity index (χ0n) is 33.6. The van der Waals surface area contributed by atoms with E-state index in [-0.39, 0.29) is 41.6 Å². The maximum absolute atomic E-state index is 14.3. The van der Waals surface area contributed by atoms with Gasteiger partial charge < -0.3 is 33.2 Å². The van der Waals surface area contributed by atoms with Crippen molar-refractivity contribution in [3.8, 4) is 17.2 Å². The van der Waals surface area contributed by atoms with Crippen LogP contribution in [-0.4, -0.2) is 64.6 Å². The molecule has 0 spiro atoms. The molecule has 56 heavy (non-hydrogen) atoms. The number of ether oxygens (including phenoxy) is 7. The molecule has 316 valence electrons. The van der Waals surface area contributed by atoms with Gasteiger partial charge in [-0.25, -0.2) is 9.18 Å². The highest BCUT2D eigenvalue weighted by Crippen LogP contribution is 2.32. The fraction of sp³-hybridized carbons (Fsp3) is 0.705. The quantitative estimate of drug-likeness (QED) is 0.0529. The van der Waals surface area contributed by atoms with Gasteiger partial charge in [0.15, 0.2) is 23.1 Å². The molecule has 2 aromatic carbocycles. The van der Waals surface area contributed by atoms with Crippen LogP contribution in [-0.2, 0) is 18.9 Å². The van der Waals surface area contributed by atoms with E-state index < -0.39 is 29.4 Å². The van der Waals surface area contributed by atoms with Crippen molar-refractivity contribution in [3.05, 3.63) is 53.1 Å². The van der Waals surface area contributed by atoms with Crippen molar-refractivity contribution in [2.75, 3.05) is 46.2 Å². The van der Waals surface area contributed by atoms with Crippen molar-refractivity contribution in [1.82, 2.24) is 0 Å². The minimum atomic E-state index is -1.01. The van der Waals surface area contributed by atoms with E-state index in [1.165, 1.54) is 31.2 Å². The summed E-state index contributed by atoms with van der Waals surface area (Å²) in [4.78, 5) is 11.9. The summed E-state index contributed by atoms with van der Waals surface area (Å²) in [6.45, 7) is 6.45. The molecular formula is C44H64F4O8. The van der Waals surface area contributed by atoms with Crippen LogP contribution in [0.3, 0.4) is 0 Å². The van der Waals surface area contributed by atoms with E-state index in [0.717, 1.165) is 129 Å². The SMILES string of the molecule is CCOc1ccc(OCC2CCC(OCCCCCCCOC(=O)OCCCCCCCOC3CCC(COc4ccc(C)c(F)c4F)CC3)CC2)c(F)c1F. The molecule has 0 N–H and O–H groups in total. The van der Waals surface area contributed by atoms with Gasteiger partial charge in [-0.1, -0.05) is 44.6 Å². The molecule has 0 amide bonds. The van der Waals surface area contributed by atoms with E-state index in [9.17, 15) is 22.4 Å². The Hall–Kier alpha value is -3.25. The second-order valence-corrected chi connectivity index (χ2v) is 15.3. The Morgan fingerprint density at radius 1 is 0.518 bits per heavy atom. The van der Waals surface area contributed by atoms with Gasteiger partial charge in [0.1, 0.15) is 0 Å². The fourth-order valence-corrected chi connectivity index (χ4v) is 7.30. The van der Waals surface area contributed by atoms with Crippen LogP contribution >= 0.6 is 0 Å². The van der Waals surface area contributed by atoms with Gasteiger partial charge in [-0.2, -0.15) is 13.2 Å². The van der Waals surface area contributed by atoms with E-state index in [0.29, 0.717) is 38.3 Å². The van der Waals surface area contributed by atoms with Crippen LogP contribution in [0.4, 0.5) is 22.4 Å². The third-order valence-electron chi connectivity index (χ3n) is 10.8. The minimum absolute atomic E-state index is 0.0175. The summed E-state index contributed by atoms with van der Waals surface area (Å²) in [6.07, 6.45) is 17.3. The van der Waals surface area contributed by atoms with Crippen LogP contribution < -0.4 is 14.2 Å². The Bertz CT molecular complexity index is 1410. The number of halogens is 4. The number of hydrogen-bond acceptors (Lipinski definition) is 8. The van der Waals surface area contributed by atoms with E-state index >= 15 is 0 Å². The second-order valence-electron chi connectivity index (χ2n) is 15.3. The largest absolute Gasteiger partial charge is 0.508 e. The minimum Gasteiger partial charge on any atom is -0.491 e. The Kier molecular flexibility index (Phi) is 21.0. The molecule has 0 aliphatic heterocycles. The van der Waals surface area contributed by atoms with Crippen molar-refractivity contribution < 1.29 is 55.5 Å². The van der Waals surface area contributed by atoms with E-state index in [1.807, 2.05) is 0 Å². The standard InChI is InChI=1S/C44H64F4O8/c1-3-50-37-24-25-39(43(48)42(37)47)56-31-34-17-21-36(22-18-34)52-27-11-7-5-9-13-29-54-44(49)53-28-12-8-4-6-10-26-51-35-19-15-33(16-20-35)30-55-38-23-14-32(2)40(45)41(38)46/h14,23-25,33-36H,3-13,15-22,26-31H2,1-2H3. The molecule has 0 bridgehead atoms. The first-order chi connectivity index (χ1) is 27.2. The number of benzene rings is 2. The molecule has 8 nitrogen and oxygen atoms in total. The topological polar surface area (TPSA) is 81.7 Å². The fourth-order valence-electron chi connectivity index (χ4n) is 7.30. The lowest BCUT2D eigenvalue weighted by molar-refractivity contribution is 0.0107. The maximum atomic E-state index is 14.3. The van der Waals surface area contributed by atoms with Crippen molar-refractivity contribution in [2.24, 2.45) is 11.8 Å². The summed E-state index contributed by atoms with van der Waals surface area (Å²) in [5.74, 6) is -3.36. The van der Waals surface area contributed by atoms with Gasteiger partial charge in [-0.3, -0.25) is 0 Å². The van der Waals surface area contributed by atoms with Gasteiger partial charge in [0, 0.05) is 13.2 Å². The summed E-state index contributed by atoms with van der Waals surface area (Å²) in [6, 6.07) is 5.85. The monoisotopic (exact) mass is 796 g/mol. The van der Waals surface area contributed by atoms with E-state index in [4.69, 9.17) is 33.2 Å². The smallest absolute Gasteiger partial charge is 0.491 e. The molecule has 2 aromatic rings. The summed E-state index contributed by atoms with van der Waals surface area (Å²) in [7, 11) is 0. The lowest BCUT2D eigenvalue weighted by atomic mass is 9.88.